The number of anilines is 1. The van der Waals surface area contributed by atoms with E-state index >= 15 is 0 Å². The summed E-state index contributed by atoms with van der Waals surface area (Å²) >= 11 is 0.834. The van der Waals surface area contributed by atoms with E-state index in [9.17, 15) is 14.4 Å². The lowest BCUT2D eigenvalue weighted by atomic mass is 10.2. The molecule has 2 heterocycles. The van der Waals surface area contributed by atoms with Gasteiger partial charge in [0, 0.05) is 23.3 Å². The number of hydrogen-bond acceptors (Lipinski definition) is 5. The number of aryl methyl sites for hydroxylation is 1. The molecule has 0 aliphatic carbocycles. The van der Waals surface area contributed by atoms with Crippen molar-refractivity contribution in [2.45, 2.75) is 6.92 Å². The van der Waals surface area contributed by atoms with Gasteiger partial charge in [0.2, 0.25) is 5.91 Å². The fourth-order valence-electron chi connectivity index (χ4n) is 3.35. The van der Waals surface area contributed by atoms with Gasteiger partial charge in [-0.1, -0.05) is 18.2 Å². The Kier molecular flexibility index (Phi) is 6.13. The molecule has 32 heavy (non-hydrogen) atoms. The number of thioether (sulfide) groups is 1. The average molecular weight is 448 g/mol. The predicted molar refractivity (Wildman–Crippen MR) is 125 cm³/mol. The number of methoxy groups -OCH3 is 1. The van der Waals surface area contributed by atoms with Crippen LogP contribution in [0.2, 0.25) is 0 Å². The summed E-state index contributed by atoms with van der Waals surface area (Å²) in [6.45, 7) is 1.62. The summed E-state index contributed by atoms with van der Waals surface area (Å²) in [5.41, 5.74) is 3.36. The lowest BCUT2D eigenvalue weighted by Gasteiger charge is -2.12. The second kappa shape index (κ2) is 9.15. The number of nitrogens with one attached hydrogen (secondary N) is 1. The first-order valence-electron chi connectivity index (χ1n) is 9.88. The number of hydrogen-bond donors (Lipinski definition) is 1. The molecule has 1 aliphatic heterocycles. The van der Waals surface area contributed by atoms with Gasteiger partial charge in [0.1, 0.15) is 12.3 Å². The predicted octanol–water partition coefficient (Wildman–Crippen LogP) is 4.47. The molecule has 0 saturated carbocycles. The second-order valence-corrected chi connectivity index (χ2v) is 8.16. The van der Waals surface area contributed by atoms with Crippen LogP contribution < -0.4 is 10.1 Å². The first kappa shape index (κ1) is 21.5. The fourth-order valence-corrected chi connectivity index (χ4v) is 4.19. The van der Waals surface area contributed by atoms with E-state index in [1.807, 2.05) is 54.1 Å². The zero-order valence-corrected chi connectivity index (χ0v) is 18.4. The number of imide groups is 1. The van der Waals surface area contributed by atoms with Gasteiger partial charge in [-0.2, -0.15) is 0 Å². The molecule has 1 aliphatic rings. The van der Waals surface area contributed by atoms with Gasteiger partial charge in [0.25, 0.3) is 11.1 Å². The molecule has 7 nitrogen and oxygen atoms in total. The summed E-state index contributed by atoms with van der Waals surface area (Å²) in [6, 6.07) is 18.6. The Morgan fingerprint density at radius 2 is 1.81 bits per heavy atom. The molecule has 0 spiro atoms. The van der Waals surface area contributed by atoms with E-state index in [1.165, 1.54) is 0 Å². The highest BCUT2D eigenvalue weighted by Crippen LogP contribution is 2.32. The van der Waals surface area contributed by atoms with E-state index in [0.717, 1.165) is 33.6 Å². The third kappa shape index (κ3) is 4.60. The molecule has 162 valence electrons. The van der Waals surface area contributed by atoms with Crippen LogP contribution in [-0.2, 0) is 9.59 Å². The van der Waals surface area contributed by atoms with E-state index in [1.54, 1.807) is 37.5 Å². The molecule has 4 rings (SSSR count). The number of rotatable bonds is 6. The maximum atomic E-state index is 12.8. The van der Waals surface area contributed by atoms with Crippen molar-refractivity contribution in [3.8, 4) is 11.4 Å². The summed E-state index contributed by atoms with van der Waals surface area (Å²) in [4.78, 5) is 38.7. The van der Waals surface area contributed by atoms with Crippen molar-refractivity contribution < 1.29 is 19.1 Å². The number of benzene rings is 2. The van der Waals surface area contributed by atoms with Gasteiger partial charge in [-0.05, 0) is 72.8 Å². The Morgan fingerprint density at radius 1 is 1.09 bits per heavy atom. The molecular weight excluding hydrogens is 426 g/mol. The topological polar surface area (TPSA) is 80.6 Å². The maximum Gasteiger partial charge on any atom is 0.294 e. The Morgan fingerprint density at radius 3 is 2.50 bits per heavy atom. The average Bonchev–Trinajstić information content (AvgIpc) is 3.29. The van der Waals surface area contributed by atoms with Crippen molar-refractivity contribution >= 4 is 40.6 Å². The normalized spacial score (nSPS) is 14.8. The minimum absolute atomic E-state index is 0.289. The molecule has 1 saturated heterocycles. The van der Waals surface area contributed by atoms with E-state index in [2.05, 4.69) is 5.32 Å². The summed E-state index contributed by atoms with van der Waals surface area (Å²) in [7, 11) is 1.55. The van der Waals surface area contributed by atoms with Gasteiger partial charge < -0.3 is 14.6 Å². The van der Waals surface area contributed by atoms with Crippen LogP contribution in [0, 0.1) is 6.92 Å². The Balaban J connectivity index is 1.45. The van der Waals surface area contributed by atoms with Crippen LogP contribution in [0.25, 0.3) is 11.8 Å². The molecule has 1 aromatic heterocycles. The van der Waals surface area contributed by atoms with Gasteiger partial charge in [0.05, 0.1) is 12.0 Å². The Bertz CT molecular complexity index is 1200. The van der Waals surface area contributed by atoms with Crippen molar-refractivity contribution in [3.63, 3.8) is 0 Å². The Labute approximate surface area is 189 Å². The molecule has 3 aromatic rings. The molecule has 0 unspecified atom stereocenters. The van der Waals surface area contributed by atoms with Gasteiger partial charge in [-0.3, -0.25) is 19.3 Å². The van der Waals surface area contributed by atoms with E-state index in [4.69, 9.17) is 4.74 Å². The lowest BCUT2D eigenvalue weighted by molar-refractivity contribution is -0.127. The number of para-hydroxylation sites is 1. The van der Waals surface area contributed by atoms with Crippen molar-refractivity contribution in [1.29, 1.82) is 0 Å². The van der Waals surface area contributed by atoms with Gasteiger partial charge >= 0.3 is 0 Å². The van der Waals surface area contributed by atoms with Crippen LogP contribution in [0.15, 0.2) is 71.8 Å². The number of carbonyl (C=O) groups is 3. The molecule has 0 radical (unpaired) electrons. The summed E-state index contributed by atoms with van der Waals surface area (Å²) < 4.78 is 7.10. The van der Waals surface area contributed by atoms with Crippen molar-refractivity contribution in [1.82, 2.24) is 9.47 Å². The number of aromatic nitrogens is 1. The molecule has 1 N–H and O–H groups in total. The Hall–Kier alpha value is -3.78. The van der Waals surface area contributed by atoms with Crippen molar-refractivity contribution in [3.05, 3.63) is 83.0 Å². The van der Waals surface area contributed by atoms with Crippen LogP contribution in [-0.4, -0.2) is 40.2 Å². The first-order chi connectivity index (χ1) is 15.4. The van der Waals surface area contributed by atoms with Crippen molar-refractivity contribution in [2.75, 3.05) is 19.0 Å². The third-order valence-corrected chi connectivity index (χ3v) is 5.82. The summed E-state index contributed by atoms with van der Waals surface area (Å²) in [5.74, 6) is -0.268. The van der Waals surface area contributed by atoms with Crippen LogP contribution in [0.4, 0.5) is 10.5 Å². The summed E-state index contributed by atoms with van der Waals surface area (Å²) in [6.07, 6.45) is 3.59. The van der Waals surface area contributed by atoms with Crippen LogP contribution in [0.1, 0.15) is 11.3 Å². The van der Waals surface area contributed by atoms with Gasteiger partial charge in [0.15, 0.2) is 0 Å². The highest BCUT2D eigenvalue weighted by Gasteiger charge is 2.36. The molecule has 0 atom stereocenters. The van der Waals surface area contributed by atoms with Crippen LogP contribution >= 0.6 is 11.8 Å². The SMILES string of the molecule is COc1ccc(NC(=O)CN2C(=O)S/C(=C/c3cc(C)n(-c4ccccc4)c3)C2=O)cc1. The summed E-state index contributed by atoms with van der Waals surface area (Å²) in [5, 5.41) is 2.21. The number of nitrogens with zero attached hydrogens (tertiary/aromatic N) is 2. The maximum absolute atomic E-state index is 12.8. The second-order valence-electron chi connectivity index (χ2n) is 7.16. The van der Waals surface area contributed by atoms with Crippen LogP contribution in [0.5, 0.6) is 5.75 Å². The molecule has 3 amide bonds. The molecule has 2 aromatic carbocycles. The standard InChI is InChI=1S/C24H21N3O4S/c1-16-12-17(14-26(16)19-6-4-3-5-7-19)13-21-23(29)27(24(30)32-21)15-22(28)25-18-8-10-20(31-2)11-9-18/h3-14H,15H2,1-2H3,(H,25,28)/b21-13+. The monoisotopic (exact) mass is 447 g/mol. The third-order valence-electron chi connectivity index (χ3n) is 4.91. The zero-order valence-electron chi connectivity index (χ0n) is 17.6. The van der Waals surface area contributed by atoms with Crippen molar-refractivity contribution in [2.24, 2.45) is 0 Å². The highest BCUT2D eigenvalue weighted by molar-refractivity contribution is 8.18. The molecule has 1 fully saturated rings. The number of carbonyl (C=O) groups excluding carboxylic acids is 3. The first-order valence-corrected chi connectivity index (χ1v) is 10.7. The van der Waals surface area contributed by atoms with E-state index in [0.29, 0.717) is 11.4 Å². The van der Waals surface area contributed by atoms with E-state index < -0.39 is 17.1 Å². The molecular formula is C24H21N3O4S. The van der Waals surface area contributed by atoms with Gasteiger partial charge in [-0.15, -0.1) is 0 Å². The molecule has 0 bridgehead atoms. The quantitative estimate of drug-likeness (QED) is 0.564. The van der Waals surface area contributed by atoms with E-state index in [-0.39, 0.29) is 11.4 Å². The minimum atomic E-state index is -0.477. The van der Waals surface area contributed by atoms with Crippen LogP contribution in [0.3, 0.4) is 0 Å². The lowest BCUT2D eigenvalue weighted by Crippen LogP contribution is -2.36. The number of ether oxygens (including phenoxy) is 1. The number of amides is 3. The minimum Gasteiger partial charge on any atom is -0.497 e. The van der Waals surface area contributed by atoms with Gasteiger partial charge in [-0.25, -0.2) is 0 Å². The largest absolute Gasteiger partial charge is 0.497 e. The smallest absolute Gasteiger partial charge is 0.294 e. The highest BCUT2D eigenvalue weighted by atomic mass is 32.2. The molecule has 8 heteroatoms. The fraction of sp³-hybridized carbons (Fsp3) is 0.125. The zero-order chi connectivity index (χ0) is 22.7.